The first-order valence-electron chi connectivity index (χ1n) is 9.25. The maximum atomic E-state index is 12.5. The van der Waals surface area contributed by atoms with Crippen molar-refractivity contribution in [3.63, 3.8) is 0 Å². The largest absolute Gasteiger partial charge is 0.484 e. The molecule has 1 aromatic heterocycles. The highest BCUT2D eigenvalue weighted by atomic mass is 19.4. The summed E-state index contributed by atoms with van der Waals surface area (Å²) in [6.07, 6.45) is -4.11. The molecule has 2 aromatic rings. The van der Waals surface area contributed by atoms with Gasteiger partial charge in [0.25, 0.3) is 5.91 Å². The van der Waals surface area contributed by atoms with Gasteiger partial charge in [-0.15, -0.1) is 0 Å². The van der Waals surface area contributed by atoms with Gasteiger partial charge in [0.05, 0.1) is 11.4 Å². The van der Waals surface area contributed by atoms with Crippen molar-refractivity contribution in [3.05, 3.63) is 59.9 Å². The Hall–Kier alpha value is -3.51. The van der Waals surface area contributed by atoms with Gasteiger partial charge in [0.15, 0.2) is 12.2 Å². The molecule has 1 saturated heterocycles. The van der Waals surface area contributed by atoms with E-state index in [9.17, 15) is 23.1 Å². The van der Waals surface area contributed by atoms with Crippen molar-refractivity contribution in [2.75, 3.05) is 20.2 Å². The number of ether oxygens (including phenoxy) is 1. The molecule has 0 saturated carbocycles. The Morgan fingerprint density at radius 1 is 1.39 bits per heavy atom. The Morgan fingerprint density at radius 3 is 2.74 bits per heavy atom. The number of nitrogens with two attached hydrogens (primary N) is 1. The Morgan fingerprint density at radius 2 is 2.13 bits per heavy atom. The maximum Gasteiger partial charge on any atom is 0.422 e. The minimum atomic E-state index is -4.54. The third-order valence-electron chi connectivity index (χ3n) is 4.77. The predicted octanol–water partition coefficient (Wildman–Crippen LogP) is 2.72. The molecule has 1 aliphatic heterocycles. The van der Waals surface area contributed by atoms with Gasteiger partial charge in [-0.3, -0.25) is 4.79 Å². The van der Waals surface area contributed by atoms with Gasteiger partial charge in [-0.25, -0.2) is 4.98 Å². The number of carbonyl (C=O) groups is 1. The molecule has 1 fully saturated rings. The normalized spacial score (nSPS) is 18.5. The molecule has 1 amide bonds. The lowest BCUT2D eigenvalue weighted by atomic mass is 10.00. The van der Waals surface area contributed by atoms with Crippen LogP contribution in [-0.4, -0.2) is 52.9 Å². The SMILES string of the molecule is C=C1N(C)CC[C@@]1(O)C#Cc1cccc(-c2cc(OCC(F)(F)F)cc(C(N)=O)n2)c1. The Bertz CT molecular complexity index is 1090. The van der Waals surface area contributed by atoms with Crippen LogP contribution >= 0.6 is 0 Å². The molecule has 3 rings (SSSR count). The summed E-state index contributed by atoms with van der Waals surface area (Å²) in [6, 6.07) is 9.01. The van der Waals surface area contributed by atoms with Gasteiger partial charge in [-0.1, -0.05) is 30.6 Å². The molecule has 1 aliphatic rings. The second kappa shape index (κ2) is 8.32. The fraction of sp³-hybridized carbons (Fsp3) is 0.273. The number of carbonyl (C=O) groups excluding carboxylic acids is 1. The van der Waals surface area contributed by atoms with E-state index in [1.165, 1.54) is 6.07 Å². The van der Waals surface area contributed by atoms with Crippen LogP contribution in [0.2, 0.25) is 0 Å². The number of pyridine rings is 1. The van der Waals surface area contributed by atoms with Crippen LogP contribution in [0, 0.1) is 11.8 Å². The summed E-state index contributed by atoms with van der Waals surface area (Å²) in [6.45, 7) is 2.98. The highest BCUT2D eigenvalue weighted by Crippen LogP contribution is 2.29. The molecule has 9 heteroatoms. The van der Waals surface area contributed by atoms with Gasteiger partial charge >= 0.3 is 6.18 Å². The Labute approximate surface area is 177 Å². The van der Waals surface area contributed by atoms with E-state index < -0.39 is 24.3 Å². The first-order valence-corrected chi connectivity index (χ1v) is 9.25. The zero-order chi connectivity index (χ0) is 22.8. The highest BCUT2D eigenvalue weighted by Gasteiger charge is 2.36. The van der Waals surface area contributed by atoms with Crippen molar-refractivity contribution < 1.29 is 27.8 Å². The van der Waals surface area contributed by atoms with Crippen LogP contribution in [0.5, 0.6) is 5.75 Å². The van der Waals surface area contributed by atoms with Crippen LogP contribution in [-0.2, 0) is 0 Å². The van der Waals surface area contributed by atoms with Crippen LogP contribution in [0.25, 0.3) is 11.3 Å². The van der Waals surface area contributed by atoms with Crippen molar-refractivity contribution in [3.8, 4) is 28.8 Å². The zero-order valence-corrected chi connectivity index (χ0v) is 16.7. The number of aliphatic hydroxyl groups is 1. The summed E-state index contributed by atoms with van der Waals surface area (Å²) in [5.41, 5.74) is 5.43. The molecule has 3 N–H and O–H groups in total. The van der Waals surface area contributed by atoms with Gasteiger partial charge in [0.2, 0.25) is 0 Å². The summed E-state index contributed by atoms with van der Waals surface area (Å²) < 4.78 is 42.2. The average Bonchev–Trinajstić information content (AvgIpc) is 2.98. The van der Waals surface area contributed by atoms with Gasteiger partial charge < -0.3 is 20.5 Å². The van der Waals surface area contributed by atoms with Gasteiger partial charge in [0, 0.05) is 43.3 Å². The van der Waals surface area contributed by atoms with E-state index in [4.69, 9.17) is 10.5 Å². The number of likely N-dealkylation sites (tertiary alicyclic amines) is 1. The van der Waals surface area contributed by atoms with E-state index in [0.29, 0.717) is 29.8 Å². The second-order valence-corrected chi connectivity index (χ2v) is 7.15. The first-order chi connectivity index (χ1) is 14.5. The number of aromatic nitrogens is 1. The molecular weight excluding hydrogens is 411 g/mol. The standard InChI is InChI=1S/C22H20F3N3O3/c1-14-21(30,8-9-28(14)2)7-6-15-4-3-5-16(10-15)18-11-17(31-13-22(23,24)25)12-19(27-18)20(26)29/h3-5,10-12,30H,1,8-9,13H2,2H3,(H2,26,29)/t21-/m0/s1. The number of primary amides is 1. The van der Waals surface area contributed by atoms with E-state index in [-0.39, 0.29) is 17.1 Å². The van der Waals surface area contributed by atoms with Crippen molar-refractivity contribution in [2.24, 2.45) is 5.73 Å². The predicted molar refractivity (Wildman–Crippen MR) is 108 cm³/mol. The van der Waals surface area contributed by atoms with Gasteiger partial charge in [-0.2, -0.15) is 13.2 Å². The lowest BCUT2D eigenvalue weighted by Gasteiger charge is -2.19. The molecule has 6 nitrogen and oxygen atoms in total. The van der Waals surface area contributed by atoms with Crippen LogP contribution in [0.15, 0.2) is 48.7 Å². The molecule has 2 heterocycles. The van der Waals surface area contributed by atoms with Crippen LogP contribution in [0.1, 0.15) is 22.5 Å². The fourth-order valence-electron chi connectivity index (χ4n) is 3.02. The van der Waals surface area contributed by atoms with E-state index in [2.05, 4.69) is 23.4 Å². The number of hydrogen-bond donors (Lipinski definition) is 2. The third kappa shape index (κ3) is 5.35. The number of nitrogens with zero attached hydrogens (tertiary/aromatic N) is 2. The van der Waals surface area contributed by atoms with Crippen LogP contribution < -0.4 is 10.5 Å². The summed E-state index contributed by atoms with van der Waals surface area (Å²) in [5, 5.41) is 10.6. The second-order valence-electron chi connectivity index (χ2n) is 7.15. The number of rotatable bonds is 4. The first kappa shape index (κ1) is 22.2. The molecule has 1 atom stereocenters. The van der Waals surface area contributed by atoms with Crippen molar-refractivity contribution in [2.45, 2.75) is 18.2 Å². The molecule has 0 radical (unpaired) electrons. The minimum Gasteiger partial charge on any atom is -0.484 e. The third-order valence-corrected chi connectivity index (χ3v) is 4.77. The van der Waals surface area contributed by atoms with E-state index >= 15 is 0 Å². The highest BCUT2D eigenvalue weighted by molar-refractivity contribution is 5.92. The fourth-order valence-corrected chi connectivity index (χ4v) is 3.02. The molecule has 1 aromatic carbocycles. The topological polar surface area (TPSA) is 88.7 Å². The number of benzene rings is 1. The summed E-state index contributed by atoms with van der Waals surface area (Å²) in [5.74, 6) is 4.64. The molecule has 0 bridgehead atoms. The average molecular weight is 431 g/mol. The Kier molecular flexibility index (Phi) is 5.95. The molecule has 0 unspecified atom stereocenters. The van der Waals surface area contributed by atoms with Gasteiger partial charge in [0.1, 0.15) is 11.4 Å². The maximum absolute atomic E-state index is 12.5. The number of amides is 1. The van der Waals surface area contributed by atoms with E-state index in [1.54, 1.807) is 24.3 Å². The molecular formula is C22H20F3N3O3. The molecule has 0 aliphatic carbocycles. The lowest BCUT2D eigenvalue weighted by Crippen LogP contribution is -2.26. The van der Waals surface area contributed by atoms with E-state index in [0.717, 1.165) is 6.07 Å². The lowest BCUT2D eigenvalue weighted by molar-refractivity contribution is -0.153. The van der Waals surface area contributed by atoms with Crippen molar-refractivity contribution in [1.82, 2.24) is 9.88 Å². The smallest absolute Gasteiger partial charge is 0.422 e. The molecule has 0 spiro atoms. The minimum absolute atomic E-state index is 0.188. The zero-order valence-electron chi connectivity index (χ0n) is 16.7. The van der Waals surface area contributed by atoms with Crippen molar-refractivity contribution in [1.29, 1.82) is 0 Å². The summed E-state index contributed by atoms with van der Waals surface area (Å²) >= 11 is 0. The molecule has 162 valence electrons. The number of likely N-dealkylation sites (N-methyl/N-ethyl adjacent to an activating group) is 1. The monoisotopic (exact) mass is 431 g/mol. The number of halogens is 3. The summed E-state index contributed by atoms with van der Waals surface area (Å²) in [4.78, 5) is 17.5. The van der Waals surface area contributed by atoms with Gasteiger partial charge in [-0.05, 0) is 12.1 Å². The quantitative estimate of drug-likeness (QED) is 0.727. The number of hydrogen-bond acceptors (Lipinski definition) is 5. The van der Waals surface area contributed by atoms with Crippen molar-refractivity contribution >= 4 is 5.91 Å². The van der Waals surface area contributed by atoms with Crippen LogP contribution in [0.4, 0.5) is 13.2 Å². The summed E-state index contributed by atoms with van der Waals surface area (Å²) in [7, 11) is 1.82. The number of alkyl halides is 3. The molecule has 31 heavy (non-hydrogen) atoms. The Balaban J connectivity index is 1.93. The van der Waals surface area contributed by atoms with Crippen LogP contribution in [0.3, 0.4) is 0 Å². The van der Waals surface area contributed by atoms with E-state index in [1.807, 2.05) is 11.9 Å².